The van der Waals surface area contributed by atoms with Crippen LogP contribution in [0.5, 0.6) is 0 Å². The van der Waals surface area contributed by atoms with Gasteiger partial charge >= 0.3 is 0 Å². The lowest BCUT2D eigenvalue weighted by molar-refractivity contribution is -0.118. The highest BCUT2D eigenvalue weighted by atomic mass is 35.5. The van der Waals surface area contributed by atoms with Gasteiger partial charge in [-0.1, -0.05) is 58.7 Å². The van der Waals surface area contributed by atoms with Gasteiger partial charge in [-0.2, -0.15) is 5.10 Å². The van der Waals surface area contributed by atoms with E-state index < -0.39 is 0 Å². The molecule has 3 aromatic rings. The largest absolute Gasteiger partial charge is 0.333 e. The summed E-state index contributed by atoms with van der Waals surface area (Å²) in [6, 6.07) is 10.9. The number of para-hydroxylation sites is 2. The van der Waals surface area contributed by atoms with E-state index in [1.54, 1.807) is 12.1 Å². The summed E-state index contributed by atoms with van der Waals surface area (Å²) >= 11 is 19.3. The van der Waals surface area contributed by atoms with E-state index in [4.69, 9.17) is 34.8 Å². The third-order valence-corrected chi connectivity index (χ3v) is 5.19. The van der Waals surface area contributed by atoms with Crippen molar-refractivity contribution in [2.45, 2.75) is 5.16 Å². The van der Waals surface area contributed by atoms with Crippen molar-refractivity contribution in [3.8, 4) is 0 Å². The quantitative estimate of drug-likeness (QED) is 0.274. The van der Waals surface area contributed by atoms with Crippen molar-refractivity contribution in [2.75, 3.05) is 5.75 Å². The number of hydrazone groups is 1. The van der Waals surface area contributed by atoms with E-state index >= 15 is 0 Å². The normalized spacial score (nSPS) is 11.3. The summed E-state index contributed by atoms with van der Waals surface area (Å²) in [6.45, 7) is 0. The van der Waals surface area contributed by atoms with Crippen LogP contribution in [0.2, 0.25) is 15.1 Å². The van der Waals surface area contributed by atoms with Crippen LogP contribution in [0.25, 0.3) is 11.0 Å². The van der Waals surface area contributed by atoms with Crippen LogP contribution in [0.15, 0.2) is 46.7 Å². The van der Waals surface area contributed by atoms with Crippen molar-refractivity contribution in [3.05, 3.63) is 57.0 Å². The highest BCUT2D eigenvalue weighted by molar-refractivity contribution is 7.99. The standard InChI is InChI=1S/C16H11Cl3N4OS/c17-10-5-6-11(18)15(19)9(10)7-20-23-14(24)8-25-16-21-12-3-1-2-4-13(12)22-16/h1-7H,8H2,(H,21,22)(H,23,24)/b20-7-. The third kappa shape index (κ3) is 4.46. The number of H-pyrrole nitrogens is 1. The summed E-state index contributed by atoms with van der Waals surface area (Å²) < 4.78 is 0. The fourth-order valence-electron chi connectivity index (χ4n) is 1.99. The first-order valence-electron chi connectivity index (χ1n) is 7.07. The maximum absolute atomic E-state index is 11.9. The van der Waals surface area contributed by atoms with E-state index in [1.165, 1.54) is 18.0 Å². The molecule has 0 aliphatic rings. The number of nitrogens with zero attached hydrogens (tertiary/aromatic N) is 2. The molecule has 5 nitrogen and oxygen atoms in total. The molecule has 128 valence electrons. The number of halogens is 3. The summed E-state index contributed by atoms with van der Waals surface area (Å²) in [4.78, 5) is 19.4. The molecule has 3 rings (SSSR count). The van der Waals surface area contributed by atoms with E-state index in [-0.39, 0.29) is 16.7 Å². The molecule has 9 heteroatoms. The Morgan fingerprint density at radius 3 is 2.76 bits per heavy atom. The molecule has 0 saturated carbocycles. The number of aromatic amines is 1. The Morgan fingerprint density at radius 1 is 1.20 bits per heavy atom. The number of fused-ring (bicyclic) bond motifs is 1. The minimum Gasteiger partial charge on any atom is -0.333 e. The fourth-order valence-corrected chi connectivity index (χ4v) is 3.30. The van der Waals surface area contributed by atoms with E-state index in [0.717, 1.165) is 11.0 Å². The van der Waals surface area contributed by atoms with Gasteiger partial charge in [0, 0.05) is 5.56 Å². The number of thioether (sulfide) groups is 1. The van der Waals surface area contributed by atoms with Gasteiger partial charge in [-0.15, -0.1) is 0 Å². The highest BCUT2D eigenvalue weighted by Crippen LogP contribution is 2.29. The van der Waals surface area contributed by atoms with E-state index in [9.17, 15) is 4.79 Å². The summed E-state index contributed by atoms with van der Waals surface area (Å²) in [5, 5.41) is 5.57. The minimum atomic E-state index is -0.282. The van der Waals surface area contributed by atoms with Crippen LogP contribution in [-0.2, 0) is 4.79 Å². The van der Waals surface area contributed by atoms with Crippen LogP contribution in [0.1, 0.15) is 5.56 Å². The minimum absolute atomic E-state index is 0.161. The Bertz CT molecular complexity index is 925. The van der Waals surface area contributed by atoms with Gasteiger partial charge < -0.3 is 4.98 Å². The highest BCUT2D eigenvalue weighted by Gasteiger charge is 2.09. The van der Waals surface area contributed by atoms with Crippen LogP contribution in [-0.4, -0.2) is 27.8 Å². The summed E-state index contributed by atoms with van der Waals surface area (Å²) in [5.74, 6) is -0.121. The molecule has 0 radical (unpaired) electrons. The van der Waals surface area contributed by atoms with Gasteiger partial charge in [-0.3, -0.25) is 4.79 Å². The zero-order valence-electron chi connectivity index (χ0n) is 12.6. The number of imidazole rings is 1. The first-order chi connectivity index (χ1) is 12.0. The topological polar surface area (TPSA) is 70.1 Å². The third-order valence-electron chi connectivity index (χ3n) is 3.17. The Morgan fingerprint density at radius 2 is 1.96 bits per heavy atom. The number of amides is 1. The van der Waals surface area contributed by atoms with Gasteiger partial charge in [-0.05, 0) is 24.3 Å². The maximum Gasteiger partial charge on any atom is 0.250 e. The van der Waals surface area contributed by atoms with Crippen molar-refractivity contribution in [1.82, 2.24) is 15.4 Å². The van der Waals surface area contributed by atoms with Gasteiger partial charge in [0.15, 0.2) is 5.16 Å². The number of aromatic nitrogens is 2. The number of nitrogens with one attached hydrogen (secondary N) is 2. The van der Waals surface area contributed by atoms with Crippen LogP contribution in [0.4, 0.5) is 0 Å². The van der Waals surface area contributed by atoms with Crippen LogP contribution in [0, 0.1) is 0 Å². The average Bonchev–Trinajstić information content (AvgIpc) is 3.02. The summed E-state index contributed by atoms with van der Waals surface area (Å²) in [7, 11) is 0. The lowest BCUT2D eigenvalue weighted by Gasteiger charge is -2.03. The number of hydrogen-bond acceptors (Lipinski definition) is 4. The van der Waals surface area contributed by atoms with E-state index in [0.29, 0.717) is 20.8 Å². The molecule has 0 spiro atoms. The molecule has 2 aromatic carbocycles. The van der Waals surface area contributed by atoms with Gasteiger partial charge in [0.2, 0.25) is 0 Å². The maximum atomic E-state index is 11.9. The second-order valence-electron chi connectivity index (χ2n) is 4.90. The fraction of sp³-hybridized carbons (Fsp3) is 0.0625. The van der Waals surface area contributed by atoms with Crippen molar-refractivity contribution in [3.63, 3.8) is 0 Å². The lowest BCUT2D eigenvalue weighted by Crippen LogP contribution is -2.19. The average molecular weight is 414 g/mol. The Hall–Kier alpha value is -1.73. The molecule has 0 bridgehead atoms. The van der Waals surface area contributed by atoms with Crippen molar-refractivity contribution < 1.29 is 4.79 Å². The molecule has 0 aliphatic heterocycles. The van der Waals surface area contributed by atoms with Gasteiger partial charge in [0.05, 0.1) is 38.1 Å². The predicted molar refractivity (Wildman–Crippen MR) is 104 cm³/mol. The zero-order valence-corrected chi connectivity index (χ0v) is 15.7. The molecule has 1 aromatic heterocycles. The van der Waals surface area contributed by atoms with Crippen LogP contribution < -0.4 is 5.43 Å². The molecule has 0 atom stereocenters. The Labute approximate surface area is 162 Å². The van der Waals surface area contributed by atoms with E-state index in [1.807, 2.05) is 24.3 Å². The molecule has 25 heavy (non-hydrogen) atoms. The Kier molecular flexibility index (Phi) is 5.86. The number of benzene rings is 2. The lowest BCUT2D eigenvalue weighted by atomic mass is 10.2. The molecular formula is C16H11Cl3N4OS. The molecule has 0 aliphatic carbocycles. The molecule has 0 unspecified atom stereocenters. The predicted octanol–water partition coefficient (Wildman–Crippen LogP) is 4.77. The van der Waals surface area contributed by atoms with Crippen LogP contribution in [0.3, 0.4) is 0 Å². The molecular weight excluding hydrogens is 403 g/mol. The first kappa shape index (κ1) is 18.1. The van der Waals surface area contributed by atoms with Crippen molar-refractivity contribution in [1.29, 1.82) is 0 Å². The Balaban J connectivity index is 1.57. The van der Waals surface area contributed by atoms with Gasteiger partial charge in [0.25, 0.3) is 5.91 Å². The SMILES string of the molecule is O=C(CSc1nc2ccccc2[nH]1)N/N=C\c1c(Cl)ccc(Cl)c1Cl. The molecule has 0 saturated heterocycles. The second kappa shape index (κ2) is 8.10. The van der Waals surface area contributed by atoms with Crippen molar-refractivity contribution >= 4 is 69.7 Å². The molecule has 0 fully saturated rings. The molecule has 2 N–H and O–H groups in total. The van der Waals surface area contributed by atoms with Gasteiger partial charge in [0.1, 0.15) is 0 Å². The summed E-state index contributed by atoms with van der Waals surface area (Å²) in [5.41, 5.74) is 4.64. The number of hydrogen-bond donors (Lipinski definition) is 2. The number of carbonyl (C=O) groups excluding carboxylic acids is 1. The molecule has 1 amide bonds. The van der Waals surface area contributed by atoms with Gasteiger partial charge in [-0.25, -0.2) is 10.4 Å². The van der Waals surface area contributed by atoms with Crippen molar-refractivity contribution in [2.24, 2.45) is 5.10 Å². The van der Waals surface area contributed by atoms with E-state index in [2.05, 4.69) is 20.5 Å². The summed E-state index contributed by atoms with van der Waals surface area (Å²) in [6.07, 6.45) is 1.36. The zero-order chi connectivity index (χ0) is 17.8. The number of rotatable bonds is 5. The number of carbonyl (C=O) groups is 1. The molecule has 1 heterocycles. The smallest absolute Gasteiger partial charge is 0.250 e. The monoisotopic (exact) mass is 412 g/mol. The first-order valence-corrected chi connectivity index (χ1v) is 9.19. The van der Waals surface area contributed by atoms with Crippen LogP contribution >= 0.6 is 46.6 Å². The second-order valence-corrected chi connectivity index (χ2v) is 7.05.